The topological polar surface area (TPSA) is 43.8 Å². The first-order valence-electron chi connectivity index (χ1n) is 6.45. The van der Waals surface area contributed by atoms with E-state index in [1.54, 1.807) is 11.8 Å². The van der Waals surface area contributed by atoms with Crippen LogP contribution >= 0.6 is 11.6 Å². The summed E-state index contributed by atoms with van der Waals surface area (Å²) in [4.78, 5) is 15.7. The Balaban J connectivity index is 2.22. The van der Waals surface area contributed by atoms with Gasteiger partial charge in [-0.25, -0.2) is 0 Å². The van der Waals surface area contributed by atoms with Gasteiger partial charge in [-0.3, -0.25) is 4.79 Å². The fraction of sp³-hybridized carbons (Fsp3) is 0.500. The number of hydrogen-bond donors (Lipinski definition) is 1. The summed E-state index contributed by atoms with van der Waals surface area (Å²) >= 11 is 6.17. The van der Waals surface area contributed by atoms with E-state index in [-0.39, 0.29) is 5.91 Å². The van der Waals surface area contributed by atoms with E-state index in [1.807, 2.05) is 30.1 Å². The van der Waals surface area contributed by atoms with Crippen molar-refractivity contribution in [2.75, 3.05) is 31.6 Å². The summed E-state index contributed by atoms with van der Waals surface area (Å²) in [5, 5.41) is 10.1. The van der Waals surface area contributed by atoms with E-state index in [9.17, 15) is 9.90 Å². The molecule has 5 heteroatoms. The van der Waals surface area contributed by atoms with Gasteiger partial charge >= 0.3 is 0 Å². The Morgan fingerprint density at radius 3 is 2.74 bits per heavy atom. The van der Waals surface area contributed by atoms with Crippen molar-refractivity contribution in [3.8, 4) is 0 Å². The number of halogens is 1. The van der Waals surface area contributed by atoms with Crippen LogP contribution in [-0.2, 0) is 4.79 Å². The minimum absolute atomic E-state index is 0.119. The molecule has 2 rings (SSSR count). The lowest BCUT2D eigenvalue weighted by Gasteiger charge is -2.23. The SMILES string of the molecule is CC(O)c1ccc(N2CCCN(C)C(=O)C2)cc1Cl. The molecule has 1 heterocycles. The maximum absolute atomic E-state index is 11.9. The lowest BCUT2D eigenvalue weighted by atomic mass is 10.1. The average Bonchev–Trinajstić information content (AvgIpc) is 2.51. The van der Waals surface area contributed by atoms with Crippen LogP contribution in [0.25, 0.3) is 0 Å². The standard InChI is InChI=1S/C14H19ClN2O2/c1-10(18)12-5-4-11(8-13(12)15)17-7-3-6-16(2)14(19)9-17/h4-5,8,10,18H,3,6-7,9H2,1-2H3. The van der Waals surface area contributed by atoms with E-state index < -0.39 is 6.10 Å². The second kappa shape index (κ2) is 5.80. The van der Waals surface area contributed by atoms with Gasteiger partial charge in [-0.05, 0) is 31.0 Å². The number of anilines is 1. The summed E-state index contributed by atoms with van der Waals surface area (Å²) in [5.74, 6) is 0.119. The van der Waals surface area contributed by atoms with Gasteiger partial charge in [0.2, 0.25) is 5.91 Å². The minimum atomic E-state index is -0.585. The third kappa shape index (κ3) is 3.19. The van der Waals surface area contributed by atoms with Crippen LogP contribution in [0.3, 0.4) is 0 Å². The van der Waals surface area contributed by atoms with Crippen LogP contribution in [0.4, 0.5) is 5.69 Å². The summed E-state index contributed by atoms with van der Waals surface area (Å²) in [6.07, 6.45) is 0.358. The zero-order chi connectivity index (χ0) is 14.0. The number of aliphatic hydroxyl groups is 1. The van der Waals surface area contributed by atoms with E-state index in [1.165, 1.54) is 0 Å². The lowest BCUT2D eigenvalue weighted by Crippen LogP contribution is -2.34. The molecule has 104 valence electrons. The number of benzene rings is 1. The quantitative estimate of drug-likeness (QED) is 0.903. The fourth-order valence-corrected chi connectivity index (χ4v) is 2.59. The van der Waals surface area contributed by atoms with Crippen LogP contribution in [0, 0.1) is 0 Å². The van der Waals surface area contributed by atoms with Crippen LogP contribution < -0.4 is 4.90 Å². The molecule has 0 radical (unpaired) electrons. The number of carbonyl (C=O) groups is 1. The van der Waals surface area contributed by atoms with Crippen molar-refractivity contribution in [1.29, 1.82) is 0 Å². The molecule has 1 aromatic rings. The number of carbonyl (C=O) groups excluding carboxylic acids is 1. The summed E-state index contributed by atoms with van der Waals surface area (Å²) in [7, 11) is 1.83. The molecule has 0 aliphatic carbocycles. The Bertz CT molecular complexity index is 477. The molecule has 1 atom stereocenters. The van der Waals surface area contributed by atoms with Gasteiger partial charge in [0, 0.05) is 30.8 Å². The predicted molar refractivity (Wildman–Crippen MR) is 76.6 cm³/mol. The number of likely N-dealkylation sites (N-methyl/N-ethyl adjacent to an activating group) is 1. The molecule has 1 N–H and O–H groups in total. The normalized spacial score (nSPS) is 18.4. The van der Waals surface area contributed by atoms with E-state index in [0.29, 0.717) is 17.1 Å². The van der Waals surface area contributed by atoms with Crippen molar-refractivity contribution < 1.29 is 9.90 Å². The molecule has 0 saturated carbocycles. The minimum Gasteiger partial charge on any atom is -0.389 e. The molecule has 0 bridgehead atoms. The summed E-state index contributed by atoms with van der Waals surface area (Å²) in [6, 6.07) is 5.55. The first-order valence-corrected chi connectivity index (χ1v) is 6.83. The van der Waals surface area contributed by atoms with Gasteiger partial charge in [-0.2, -0.15) is 0 Å². The average molecular weight is 283 g/mol. The molecule has 0 spiro atoms. The molecule has 4 nitrogen and oxygen atoms in total. The largest absolute Gasteiger partial charge is 0.389 e. The first kappa shape index (κ1) is 14.2. The zero-order valence-electron chi connectivity index (χ0n) is 11.3. The van der Waals surface area contributed by atoms with Gasteiger partial charge in [0.05, 0.1) is 12.6 Å². The summed E-state index contributed by atoms with van der Waals surface area (Å²) in [5.41, 5.74) is 1.64. The van der Waals surface area contributed by atoms with Crippen LogP contribution in [0.5, 0.6) is 0 Å². The van der Waals surface area contributed by atoms with Crippen molar-refractivity contribution in [1.82, 2.24) is 4.90 Å². The number of rotatable bonds is 2. The lowest BCUT2D eigenvalue weighted by molar-refractivity contribution is -0.127. The molecule has 1 aromatic carbocycles. The molecule has 1 saturated heterocycles. The van der Waals surface area contributed by atoms with Gasteiger partial charge in [-0.1, -0.05) is 17.7 Å². The van der Waals surface area contributed by atoms with E-state index in [4.69, 9.17) is 11.6 Å². The maximum Gasteiger partial charge on any atom is 0.241 e. The van der Waals surface area contributed by atoms with Crippen LogP contribution in [0.15, 0.2) is 18.2 Å². The smallest absolute Gasteiger partial charge is 0.241 e. The third-order valence-electron chi connectivity index (χ3n) is 3.47. The molecule has 1 aliphatic heterocycles. The van der Waals surface area contributed by atoms with Crippen molar-refractivity contribution in [2.45, 2.75) is 19.4 Å². The maximum atomic E-state index is 11.9. The fourth-order valence-electron chi connectivity index (χ4n) is 2.26. The zero-order valence-corrected chi connectivity index (χ0v) is 12.0. The first-order chi connectivity index (χ1) is 8.99. The van der Waals surface area contributed by atoms with Gasteiger partial charge in [0.25, 0.3) is 0 Å². The predicted octanol–water partition coefficient (Wildman–Crippen LogP) is 2.06. The van der Waals surface area contributed by atoms with Gasteiger partial charge in [0.15, 0.2) is 0 Å². The van der Waals surface area contributed by atoms with Crippen molar-refractivity contribution in [3.05, 3.63) is 28.8 Å². The van der Waals surface area contributed by atoms with E-state index in [0.717, 1.165) is 25.2 Å². The number of aliphatic hydroxyl groups excluding tert-OH is 1. The number of hydrogen-bond acceptors (Lipinski definition) is 3. The number of amides is 1. The van der Waals surface area contributed by atoms with Gasteiger partial charge in [-0.15, -0.1) is 0 Å². The molecular formula is C14H19ClN2O2. The Morgan fingerprint density at radius 1 is 1.37 bits per heavy atom. The Labute approximate surface area is 118 Å². The van der Waals surface area contributed by atoms with Gasteiger partial charge in [0.1, 0.15) is 0 Å². The Morgan fingerprint density at radius 2 is 2.11 bits per heavy atom. The number of nitrogens with zero attached hydrogens (tertiary/aromatic N) is 2. The summed E-state index contributed by atoms with van der Waals surface area (Å²) < 4.78 is 0. The second-order valence-corrected chi connectivity index (χ2v) is 5.38. The van der Waals surface area contributed by atoms with Crippen LogP contribution in [-0.4, -0.2) is 42.6 Å². The highest BCUT2D eigenvalue weighted by molar-refractivity contribution is 6.31. The molecule has 1 amide bonds. The Kier molecular flexibility index (Phi) is 4.32. The van der Waals surface area contributed by atoms with Crippen LogP contribution in [0.2, 0.25) is 5.02 Å². The molecular weight excluding hydrogens is 264 g/mol. The highest BCUT2D eigenvalue weighted by Gasteiger charge is 2.20. The highest BCUT2D eigenvalue weighted by Crippen LogP contribution is 2.28. The third-order valence-corrected chi connectivity index (χ3v) is 3.80. The Hall–Kier alpha value is -1.26. The summed E-state index contributed by atoms with van der Waals surface area (Å²) in [6.45, 7) is 3.68. The van der Waals surface area contributed by atoms with Gasteiger partial charge < -0.3 is 14.9 Å². The molecule has 19 heavy (non-hydrogen) atoms. The van der Waals surface area contributed by atoms with Crippen molar-refractivity contribution in [3.63, 3.8) is 0 Å². The molecule has 1 fully saturated rings. The molecule has 1 unspecified atom stereocenters. The van der Waals surface area contributed by atoms with E-state index in [2.05, 4.69) is 0 Å². The second-order valence-electron chi connectivity index (χ2n) is 4.97. The van der Waals surface area contributed by atoms with Crippen molar-refractivity contribution in [2.24, 2.45) is 0 Å². The molecule has 0 aromatic heterocycles. The van der Waals surface area contributed by atoms with Crippen LogP contribution in [0.1, 0.15) is 25.0 Å². The molecule has 1 aliphatic rings. The van der Waals surface area contributed by atoms with Crippen molar-refractivity contribution >= 4 is 23.2 Å². The van der Waals surface area contributed by atoms with E-state index >= 15 is 0 Å². The monoisotopic (exact) mass is 282 g/mol. The highest BCUT2D eigenvalue weighted by atomic mass is 35.5.